The van der Waals surface area contributed by atoms with E-state index in [0.29, 0.717) is 0 Å². The van der Waals surface area contributed by atoms with E-state index >= 15 is 0 Å². The van der Waals surface area contributed by atoms with Crippen LogP contribution in [0.15, 0.2) is 85.2 Å². The van der Waals surface area contributed by atoms with E-state index in [1.54, 1.807) is 0 Å². The SMILES string of the molecule is c1cc(-c2ccc(N3C4CCC3CC4)cc2)c2ccc3c(-c4ccc(N5C6CCC5CC6)cc4)ccnc3c2n1. The van der Waals surface area contributed by atoms with Crippen LogP contribution < -0.4 is 9.80 Å². The molecule has 0 aliphatic carbocycles. The molecule has 2 aromatic heterocycles. The second kappa shape index (κ2) is 8.79. The minimum atomic E-state index is 0.746. The van der Waals surface area contributed by atoms with Crippen LogP contribution in [0, 0.1) is 0 Å². The van der Waals surface area contributed by atoms with Gasteiger partial charge in [0.15, 0.2) is 0 Å². The standard InChI is InChI=1S/C36H34N4/c1-5-25(39-27-9-10-28(39)12-11-27)6-2-23(1)31-19-21-37-35-33(31)17-18-34-32(20-22-38-36(34)35)24-3-7-26(8-4-24)40-29-13-14-30(40)16-15-29/h1-8,17-22,27-30H,9-16H2. The molecule has 4 bridgehead atoms. The molecule has 0 atom stereocenters. The van der Waals surface area contributed by atoms with Gasteiger partial charge in [-0.25, -0.2) is 0 Å². The Morgan fingerprint density at radius 1 is 0.425 bits per heavy atom. The summed E-state index contributed by atoms with van der Waals surface area (Å²) in [7, 11) is 0. The highest BCUT2D eigenvalue weighted by Gasteiger charge is 2.40. The molecule has 40 heavy (non-hydrogen) atoms. The molecule has 4 aliphatic rings. The van der Waals surface area contributed by atoms with Crippen molar-refractivity contribution >= 4 is 33.2 Å². The molecular formula is C36H34N4. The number of hydrogen-bond donors (Lipinski definition) is 0. The third kappa shape index (κ3) is 3.38. The average Bonchev–Trinajstić information content (AvgIpc) is 3.82. The van der Waals surface area contributed by atoms with E-state index in [-0.39, 0.29) is 0 Å². The van der Waals surface area contributed by atoms with E-state index in [0.717, 1.165) is 46.0 Å². The van der Waals surface area contributed by atoms with Crippen LogP contribution in [0.5, 0.6) is 0 Å². The quantitative estimate of drug-likeness (QED) is 0.222. The zero-order valence-electron chi connectivity index (χ0n) is 22.8. The highest BCUT2D eigenvalue weighted by molar-refractivity contribution is 6.11. The van der Waals surface area contributed by atoms with Crippen molar-refractivity contribution in [2.24, 2.45) is 0 Å². The summed E-state index contributed by atoms with van der Waals surface area (Å²) in [6.07, 6.45) is 14.7. The minimum absolute atomic E-state index is 0.746. The van der Waals surface area contributed by atoms with E-state index in [1.807, 2.05) is 12.4 Å². The Kier molecular flexibility index (Phi) is 5.02. The van der Waals surface area contributed by atoms with E-state index in [1.165, 1.54) is 85.0 Å². The number of anilines is 2. The van der Waals surface area contributed by atoms with Gasteiger partial charge < -0.3 is 9.80 Å². The van der Waals surface area contributed by atoms with Gasteiger partial charge >= 0.3 is 0 Å². The number of rotatable bonds is 4. The first-order chi connectivity index (χ1) is 19.8. The van der Waals surface area contributed by atoms with Gasteiger partial charge in [0.2, 0.25) is 0 Å². The van der Waals surface area contributed by atoms with E-state index in [9.17, 15) is 0 Å². The molecule has 0 amide bonds. The summed E-state index contributed by atoms with van der Waals surface area (Å²) in [6.45, 7) is 0. The summed E-state index contributed by atoms with van der Waals surface area (Å²) in [4.78, 5) is 15.1. The second-order valence-corrected chi connectivity index (χ2v) is 12.4. The van der Waals surface area contributed by atoms with Crippen LogP contribution in [0.4, 0.5) is 11.4 Å². The zero-order chi connectivity index (χ0) is 26.2. The summed E-state index contributed by atoms with van der Waals surface area (Å²) in [5, 5.41) is 2.32. The van der Waals surface area contributed by atoms with E-state index in [4.69, 9.17) is 9.97 Å². The fourth-order valence-corrected chi connectivity index (χ4v) is 8.63. The van der Waals surface area contributed by atoms with E-state index in [2.05, 4.69) is 82.6 Å². The summed E-state index contributed by atoms with van der Waals surface area (Å²) < 4.78 is 0. The zero-order valence-corrected chi connectivity index (χ0v) is 22.8. The molecule has 0 saturated carbocycles. The van der Waals surface area contributed by atoms with Crippen molar-refractivity contribution < 1.29 is 0 Å². The van der Waals surface area contributed by atoms with Crippen molar-refractivity contribution in [3.05, 3.63) is 85.2 Å². The van der Waals surface area contributed by atoms with Gasteiger partial charge in [0.1, 0.15) is 0 Å². The summed E-state index contributed by atoms with van der Waals surface area (Å²) >= 11 is 0. The molecule has 4 saturated heterocycles. The van der Waals surface area contributed by atoms with Crippen molar-refractivity contribution in [2.45, 2.75) is 75.5 Å². The second-order valence-electron chi connectivity index (χ2n) is 12.4. The molecule has 4 nitrogen and oxygen atoms in total. The molecule has 0 spiro atoms. The lowest BCUT2D eigenvalue weighted by atomic mass is 9.96. The minimum Gasteiger partial charge on any atom is -0.366 e. The maximum absolute atomic E-state index is 4.85. The van der Waals surface area contributed by atoms with Crippen molar-refractivity contribution in [3.63, 3.8) is 0 Å². The lowest BCUT2D eigenvalue weighted by Crippen LogP contribution is -2.27. The number of hydrogen-bond acceptors (Lipinski definition) is 4. The Hall–Kier alpha value is -3.92. The Morgan fingerprint density at radius 2 is 0.775 bits per heavy atom. The van der Waals surface area contributed by atoms with Crippen LogP contribution >= 0.6 is 0 Å². The van der Waals surface area contributed by atoms with Crippen LogP contribution in [0.1, 0.15) is 51.4 Å². The Morgan fingerprint density at radius 3 is 1.12 bits per heavy atom. The van der Waals surface area contributed by atoms with Crippen LogP contribution in [-0.2, 0) is 0 Å². The van der Waals surface area contributed by atoms with Gasteiger partial charge in [-0.1, -0.05) is 36.4 Å². The van der Waals surface area contributed by atoms with Crippen molar-refractivity contribution in [1.82, 2.24) is 9.97 Å². The third-order valence-corrected chi connectivity index (χ3v) is 10.5. The molecular weight excluding hydrogens is 488 g/mol. The molecule has 4 aliphatic heterocycles. The predicted octanol–water partition coefficient (Wildman–Crippen LogP) is 8.38. The molecule has 4 heteroatoms. The fourth-order valence-electron chi connectivity index (χ4n) is 8.63. The average molecular weight is 523 g/mol. The number of nitrogens with zero attached hydrogens (tertiary/aromatic N) is 4. The largest absolute Gasteiger partial charge is 0.366 e. The van der Waals surface area contributed by atoms with Gasteiger partial charge in [0.25, 0.3) is 0 Å². The van der Waals surface area contributed by atoms with Crippen LogP contribution in [-0.4, -0.2) is 34.1 Å². The monoisotopic (exact) mass is 522 g/mol. The maximum Gasteiger partial charge on any atom is 0.0970 e. The van der Waals surface area contributed by atoms with Gasteiger partial charge in [-0.3, -0.25) is 9.97 Å². The Balaban J connectivity index is 1.08. The Labute approximate surface area is 235 Å². The lowest BCUT2D eigenvalue weighted by molar-refractivity contribution is 0.576. The summed E-state index contributed by atoms with van der Waals surface area (Å²) in [6, 6.07) is 30.3. The van der Waals surface area contributed by atoms with Gasteiger partial charge in [0.05, 0.1) is 11.0 Å². The normalized spacial score (nSPS) is 25.1. The molecule has 9 rings (SSSR count). The number of fused-ring (bicyclic) bond motifs is 7. The smallest absolute Gasteiger partial charge is 0.0970 e. The first-order valence-electron chi connectivity index (χ1n) is 15.3. The molecule has 5 aromatic rings. The van der Waals surface area contributed by atoms with Gasteiger partial charge in [-0.2, -0.15) is 0 Å². The van der Waals surface area contributed by atoms with Gasteiger partial charge in [-0.15, -0.1) is 0 Å². The molecule has 3 aromatic carbocycles. The van der Waals surface area contributed by atoms with E-state index < -0.39 is 0 Å². The summed E-state index contributed by atoms with van der Waals surface area (Å²) in [5.74, 6) is 0. The Bertz CT molecular complexity index is 1570. The van der Waals surface area contributed by atoms with Crippen molar-refractivity contribution in [2.75, 3.05) is 9.80 Å². The third-order valence-electron chi connectivity index (χ3n) is 10.5. The molecule has 0 unspecified atom stereocenters. The van der Waals surface area contributed by atoms with Crippen molar-refractivity contribution in [3.8, 4) is 22.3 Å². The lowest BCUT2D eigenvalue weighted by Gasteiger charge is -2.25. The number of pyridine rings is 2. The van der Waals surface area contributed by atoms with Crippen LogP contribution in [0.25, 0.3) is 44.1 Å². The molecule has 0 radical (unpaired) electrons. The molecule has 0 N–H and O–H groups in total. The number of benzene rings is 3. The fraction of sp³-hybridized carbons (Fsp3) is 0.333. The maximum atomic E-state index is 4.85. The van der Waals surface area contributed by atoms with Crippen molar-refractivity contribution in [1.29, 1.82) is 0 Å². The highest BCUT2D eigenvalue weighted by atomic mass is 15.2. The highest BCUT2D eigenvalue weighted by Crippen LogP contribution is 2.43. The van der Waals surface area contributed by atoms with Crippen LogP contribution in [0.3, 0.4) is 0 Å². The number of aromatic nitrogens is 2. The molecule has 4 fully saturated rings. The molecule has 6 heterocycles. The first kappa shape index (κ1) is 22.9. The van der Waals surface area contributed by atoms with Gasteiger partial charge in [-0.05, 0) is 110 Å². The first-order valence-corrected chi connectivity index (χ1v) is 15.3. The van der Waals surface area contributed by atoms with Gasteiger partial charge in [0, 0.05) is 58.7 Å². The van der Waals surface area contributed by atoms with Crippen LogP contribution in [0.2, 0.25) is 0 Å². The topological polar surface area (TPSA) is 32.3 Å². The summed E-state index contributed by atoms with van der Waals surface area (Å²) in [5.41, 5.74) is 9.64. The predicted molar refractivity (Wildman–Crippen MR) is 165 cm³/mol. The molecule has 198 valence electrons.